The largest absolute Gasteiger partial charge is 0.368 e. The Hall–Kier alpha value is -3.12. The summed E-state index contributed by atoms with van der Waals surface area (Å²) in [6, 6.07) is 8.54. The van der Waals surface area contributed by atoms with Crippen molar-refractivity contribution in [3.05, 3.63) is 78.7 Å². The average molecular weight is 448 g/mol. The maximum absolute atomic E-state index is 11.6. The predicted octanol–water partition coefficient (Wildman–Crippen LogP) is 3.92. The number of rotatable bonds is 9. The molecule has 6 heteroatoms. The number of nitrogens with one attached hydrogen (secondary N) is 1. The molecule has 0 spiro atoms. The number of allylic oxidation sites excluding steroid dienone is 1. The normalized spacial score (nSPS) is 18.1. The van der Waals surface area contributed by atoms with Gasteiger partial charge in [0.15, 0.2) is 0 Å². The van der Waals surface area contributed by atoms with Gasteiger partial charge in [-0.3, -0.25) is 4.79 Å². The number of likely N-dealkylation sites (N-methyl/N-ethyl adjacent to an activating group) is 1. The minimum atomic E-state index is 0.0314. The molecular weight excluding hydrogens is 410 g/mol. The molecule has 6 nitrogen and oxygen atoms in total. The van der Waals surface area contributed by atoms with Crippen LogP contribution >= 0.6 is 0 Å². The molecule has 1 N–H and O–H groups in total. The van der Waals surface area contributed by atoms with E-state index in [0.29, 0.717) is 5.92 Å². The summed E-state index contributed by atoms with van der Waals surface area (Å²) in [5, 5.41) is 3.37. The highest BCUT2D eigenvalue weighted by Gasteiger charge is 2.29. The molecule has 2 heterocycles. The quantitative estimate of drug-likeness (QED) is 0.354. The topological polar surface area (TPSA) is 51.2 Å². The fourth-order valence-electron chi connectivity index (χ4n) is 3.92. The van der Waals surface area contributed by atoms with Crippen molar-refractivity contribution in [2.45, 2.75) is 19.8 Å². The fourth-order valence-corrected chi connectivity index (χ4v) is 3.92. The lowest BCUT2D eigenvalue weighted by Crippen LogP contribution is -2.50. The average Bonchev–Trinajstić information content (AvgIpc) is 2.77. The molecule has 0 aromatic heterocycles. The molecule has 33 heavy (non-hydrogen) atoms. The number of carbonyl (C=O) groups excluding carboxylic acids is 1. The van der Waals surface area contributed by atoms with E-state index >= 15 is 0 Å². The van der Waals surface area contributed by atoms with E-state index in [1.165, 1.54) is 11.6 Å². The Morgan fingerprint density at radius 1 is 1.24 bits per heavy atom. The molecule has 0 atom stereocenters. The zero-order valence-corrected chi connectivity index (χ0v) is 20.3. The monoisotopic (exact) mass is 447 g/mol. The summed E-state index contributed by atoms with van der Waals surface area (Å²) in [5.41, 5.74) is 4.56. The molecule has 0 radical (unpaired) electrons. The second kappa shape index (κ2) is 11.7. The second-order valence-electron chi connectivity index (χ2n) is 9.14. The van der Waals surface area contributed by atoms with Gasteiger partial charge in [-0.2, -0.15) is 0 Å². The first kappa shape index (κ1) is 24.5. The third-order valence-corrected chi connectivity index (χ3v) is 6.07. The summed E-state index contributed by atoms with van der Waals surface area (Å²) in [7, 11) is 4.19. The molecule has 1 aromatic rings. The molecule has 0 unspecified atom stereocenters. The number of hydrogen-bond donors (Lipinski definition) is 1. The number of aliphatic imine (C=N–C) groups is 1. The molecule has 1 fully saturated rings. The number of nitrogens with zero attached hydrogens (tertiary/aromatic N) is 4. The number of carbonyl (C=O) groups is 1. The van der Waals surface area contributed by atoms with Crippen LogP contribution in [0.1, 0.15) is 18.9 Å². The number of hydrogen-bond acceptors (Lipinski definition) is 4. The van der Waals surface area contributed by atoms with Crippen molar-refractivity contribution in [2.24, 2.45) is 10.9 Å². The maximum Gasteiger partial charge on any atom is 0.245 e. The molecule has 1 saturated heterocycles. The summed E-state index contributed by atoms with van der Waals surface area (Å²) in [6.45, 7) is 14.1. The predicted molar refractivity (Wildman–Crippen MR) is 138 cm³/mol. The number of anilines is 1. The third-order valence-electron chi connectivity index (χ3n) is 6.07. The minimum Gasteiger partial charge on any atom is -0.368 e. The SMILES string of the molecule is C=CC(=O)N1CC(CCN2C/C(=C\N=C(C)Nc3ccc(CCN(C)C)cc3)C=CC2=C)C1. The van der Waals surface area contributed by atoms with Crippen LogP contribution in [-0.4, -0.2) is 73.3 Å². The first-order valence-electron chi connectivity index (χ1n) is 11.6. The van der Waals surface area contributed by atoms with Gasteiger partial charge in [-0.05, 0) is 75.2 Å². The van der Waals surface area contributed by atoms with Crippen molar-refractivity contribution in [2.75, 3.05) is 52.1 Å². The molecule has 0 bridgehead atoms. The highest BCUT2D eigenvalue weighted by molar-refractivity contribution is 5.93. The van der Waals surface area contributed by atoms with Crippen LogP contribution in [0.3, 0.4) is 0 Å². The highest BCUT2D eigenvalue weighted by Crippen LogP contribution is 2.23. The summed E-state index contributed by atoms with van der Waals surface area (Å²) >= 11 is 0. The summed E-state index contributed by atoms with van der Waals surface area (Å²) < 4.78 is 0. The van der Waals surface area contributed by atoms with Crippen molar-refractivity contribution < 1.29 is 4.79 Å². The van der Waals surface area contributed by atoms with E-state index in [1.807, 2.05) is 24.1 Å². The van der Waals surface area contributed by atoms with Crippen LogP contribution in [0.25, 0.3) is 0 Å². The number of amidine groups is 1. The van der Waals surface area contributed by atoms with Crippen molar-refractivity contribution in [3.63, 3.8) is 0 Å². The van der Waals surface area contributed by atoms with Crippen LogP contribution in [0.15, 0.2) is 78.1 Å². The zero-order valence-electron chi connectivity index (χ0n) is 20.3. The van der Waals surface area contributed by atoms with Gasteiger partial charge in [0.1, 0.15) is 5.84 Å². The fraction of sp³-hybridized carbons (Fsp3) is 0.407. The first-order valence-corrected chi connectivity index (χ1v) is 11.6. The standard InChI is InChI=1S/C27H37N5O/c1-6-27(33)32-19-25(20-32)14-16-31-18-24(8-7-21(31)2)17-28-22(3)29-26-11-9-23(10-12-26)13-15-30(4)5/h6-12,17,25H,1-2,13-16,18-20H2,3-5H3,(H,28,29)/b24-17-. The van der Waals surface area contributed by atoms with Crippen LogP contribution in [0.5, 0.6) is 0 Å². The van der Waals surface area contributed by atoms with E-state index in [9.17, 15) is 4.79 Å². The van der Waals surface area contributed by atoms with E-state index in [-0.39, 0.29) is 5.91 Å². The van der Waals surface area contributed by atoms with Gasteiger partial charge >= 0.3 is 0 Å². The van der Waals surface area contributed by atoms with Gasteiger partial charge in [-0.15, -0.1) is 0 Å². The van der Waals surface area contributed by atoms with Crippen LogP contribution in [0.2, 0.25) is 0 Å². The summed E-state index contributed by atoms with van der Waals surface area (Å²) in [4.78, 5) is 22.5. The lowest BCUT2D eigenvalue weighted by molar-refractivity contribution is -0.132. The molecular formula is C27H37N5O. The van der Waals surface area contributed by atoms with Crippen LogP contribution in [0, 0.1) is 5.92 Å². The van der Waals surface area contributed by atoms with Gasteiger partial charge in [-0.1, -0.05) is 31.4 Å². The lowest BCUT2D eigenvalue weighted by Gasteiger charge is -2.40. The molecule has 1 amide bonds. The van der Waals surface area contributed by atoms with Gasteiger partial charge < -0.3 is 20.0 Å². The molecule has 1 aromatic carbocycles. The van der Waals surface area contributed by atoms with Crippen molar-refractivity contribution in [3.8, 4) is 0 Å². The van der Waals surface area contributed by atoms with Gasteiger partial charge in [0.25, 0.3) is 0 Å². The zero-order chi connectivity index (χ0) is 23.8. The molecule has 176 valence electrons. The van der Waals surface area contributed by atoms with E-state index in [2.05, 4.69) is 77.7 Å². The Kier molecular flexibility index (Phi) is 8.66. The van der Waals surface area contributed by atoms with E-state index in [4.69, 9.17) is 0 Å². The molecule has 0 aliphatic carbocycles. The number of amides is 1. The van der Waals surface area contributed by atoms with Gasteiger partial charge in [-0.25, -0.2) is 4.99 Å². The van der Waals surface area contributed by atoms with Gasteiger partial charge in [0.05, 0.1) is 0 Å². The van der Waals surface area contributed by atoms with Crippen LogP contribution in [0.4, 0.5) is 5.69 Å². The van der Waals surface area contributed by atoms with Crippen LogP contribution in [-0.2, 0) is 11.2 Å². The highest BCUT2D eigenvalue weighted by atomic mass is 16.2. The number of benzene rings is 1. The first-order chi connectivity index (χ1) is 15.8. The minimum absolute atomic E-state index is 0.0314. The lowest BCUT2D eigenvalue weighted by atomic mass is 9.95. The molecule has 0 saturated carbocycles. The maximum atomic E-state index is 11.6. The summed E-state index contributed by atoms with van der Waals surface area (Å²) in [5.74, 6) is 1.44. The Labute approximate surface area is 198 Å². The molecule has 2 aliphatic rings. The van der Waals surface area contributed by atoms with Crippen molar-refractivity contribution in [1.82, 2.24) is 14.7 Å². The Morgan fingerprint density at radius 2 is 1.97 bits per heavy atom. The van der Waals surface area contributed by atoms with Gasteiger partial charge in [0.2, 0.25) is 5.91 Å². The molecule has 3 rings (SSSR count). The molecule has 2 aliphatic heterocycles. The van der Waals surface area contributed by atoms with Crippen molar-refractivity contribution in [1.29, 1.82) is 0 Å². The number of likely N-dealkylation sites (tertiary alicyclic amines) is 1. The Bertz CT molecular complexity index is 936. The smallest absolute Gasteiger partial charge is 0.245 e. The van der Waals surface area contributed by atoms with Crippen molar-refractivity contribution >= 4 is 17.4 Å². The van der Waals surface area contributed by atoms with Gasteiger partial charge in [0, 0.05) is 50.3 Å². The Balaban J connectivity index is 1.47. The Morgan fingerprint density at radius 3 is 2.64 bits per heavy atom. The van der Waals surface area contributed by atoms with Crippen LogP contribution < -0.4 is 5.32 Å². The summed E-state index contributed by atoms with van der Waals surface area (Å²) in [6.07, 6.45) is 9.56. The van der Waals surface area contributed by atoms with E-state index < -0.39 is 0 Å². The van der Waals surface area contributed by atoms with E-state index in [1.54, 1.807) is 0 Å². The second-order valence-corrected chi connectivity index (χ2v) is 9.14. The van der Waals surface area contributed by atoms with E-state index in [0.717, 1.165) is 68.4 Å². The third kappa shape index (κ3) is 7.46.